The highest BCUT2D eigenvalue weighted by Crippen LogP contribution is 2.40. The molecule has 0 spiro atoms. The Hall–Kier alpha value is -1.18. The normalized spacial score (nSPS) is 30.4. The molecule has 110 valence electrons. The molecule has 2 fully saturated rings. The van der Waals surface area contributed by atoms with Crippen molar-refractivity contribution in [1.29, 1.82) is 0 Å². The molecule has 6 nitrogen and oxygen atoms in total. The van der Waals surface area contributed by atoms with E-state index in [2.05, 4.69) is 10.3 Å². The molecule has 2 bridgehead atoms. The van der Waals surface area contributed by atoms with Crippen LogP contribution in [0.5, 0.6) is 0 Å². The number of nitrogens with one attached hydrogen (secondary N) is 1. The molecule has 3 rings (SSSR count). The van der Waals surface area contributed by atoms with Crippen LogP contribution in [0.2, 0.25) is 0 Å². The second-order valence-electron chi connectivity index (χ2n) is 5.45. The Morgan fingerprint density at radius 2 is 2.00 bits per heavy atom. The third-order valence-corrected chi connectivity index (χ3v) is 6.17. The van der Waals surface area contributed by atoms with Crippen molar-refractivity contribution >= 4 is 15.7 Å². The average Bonchev–Trinajstić information content (AvgIpc) is 2.72. The van der Waals surface area contributed by atoms with Gasteiger partial charge in [0.25, 0.3) is 10.0 Å². The van der Waals surface area contributed by atoms with Gasteiger partial charge in [0.1, 0.15) is 0 Å². The summed E-state index contributed by atoms with van der Waals surface area (Å²) in [5, 5.41) is 12.8. The Morgan fingerprint density at radius 3 is 2.60 bits per heavy atom. The van der Waals surface area contributed by atoms with Gasteiger partial charge in [-0.15, -0.1) is 0 Å². The number of piperidine rings is 1. The van der Waals surface area contributed by atoms with Crippen LogP contribution in [0.4, 0.5) is 5.69 Å². The van der Waals surface area contributed by atoms with Gasteiger partial charge in [-0.3, -0.25) is 0 Å². The second kappa shape index (κ2) is 4.98. The molecule has 2 atom stereocenters. The Morgan fingerprint density at radius 1 is 1.35 bits per heavy atom. The van der Waals surface area contributed by atoms with Crippen molar-refractivity contribution < 1.29 is 13.5 Å². The molecule has 0 saturated carbocycles. The molecule has 3 heterocycles. The molecule has 2 unspecified atom stereocenters. The maximum Gasteiger partial charge on any atom is 0.263 e. The molecule has 0 amide bonds. The van der Waals surface area contributed by atoms with Gasteiger partial charge < -0.3 is 10.4 Å². The minimum atomic E-state index is -3.62. The molecule has 0 aliphatic carbocycles. The zero-order valence-corrected chi connectivity index (χ0v) is 12.2. The highest BCUT2D eigenvalue weighted by atomic mass is 32.2. The van der Waals surface area contributed by atoms with Gasteiger partial charge in [0.15, 0.2) is 5.03 Å². The number of aliphatic hydroxyl groups excluding tert-OH is 1. The van der Waals surface area contributed by atoms with Crippen molar-refractivity contribution in [3.8, 4) is 0 Å². The molecule has 2 N–H and O–H groups in total. The highest BCUT2D eigenvalue weighted by molar-refractivity contribution is 7.89. The minimum absolute atomic E-state index is 0.0794. The molecule has 1 aromatic rings. The van der Waals surface area contributed by atoms with E-state index in [0.717, 1.165) is 12.8 Å². The summed E-state index contributed by atoms with van der Waals surface area (Å²) in [5.74, 6) is 0. The summed E-state index contributed by atoms with van der Waals surface area (Å²) in [6.07, 6.45) is 3.81. The van der Waals surface area contributed by atoms with Crippen molar-refractivity contribution in [1.82, 2.24) is 9.29 Å². The van der Waals surface area contributed by atoms with E-state index < -0.39 is 10.0 Å². The van der Waals surface area contributed by atoms with Crippen LogP contribution < -0.4 is 5.32 Å². The van der Waals surface area contributed by atoms with Gasteiger partial charge in [-0.25, -0.2) is 13.4 Å². The number of sulfonamides is 1. The fourth-order valence-corrected chi connectivity index (χ4v) is 5.39. The summed E-state index contributed by atoms with van der Waals surface area (Å²) in [6.45, 7) is 0. The lowest BCUT2D eigenvalue weighted by molar-refractivity contribution is 0.0768. The fraction of sp³-hybridized carbons (Fsp3) is 0.615. The van der Waals surface area contributed by atoms with Crippen molar-refractivity contribution in [2.75, 3.05) is 12.4 Å². The van der Waals surface area contributed by atoms with Crippen LogP contribution in [0.25, 0.3) is 0 Å². The van der Waals surface area contributed by atoms with Crippen LogP contribution >= 0.6 is 0 Å². The molecule has 2 saturated heterocycles. The third kappa shape index (κ3) is 2.10. The zero-order chi connectivity index (χ0) is 14.3. The number of aromatic nitrogens is 1. The summed E-state index contributed by atoms with van der Waals surface area (Å²) < 4.78 is 27.3. The summed E-state index contributed by atoms with van der Waals surface area (Å²) in [4.78, 5) is 4.06. The molecule has 2 aliphatic heterocycles. The quantitative estimate of drug-likeness (QED) is 0.862. The van der Waals surface area contributed by atoms with Gasteiger partial charge in [-0.05, 0) is 37.8 Å². The lowest BCUT2D eigenvalue weighted by Crippen LogP contribution is -2.48. The van der Waals surface area contributed by atoms with Gasteiger partial charge in [0.05, 0.1) is 11.8 Å². The summed E-state index contributed by atoms with van der Waals surface area (Å²) in [5.41, 5.74) is 0.512. The SMILES string of the molecule is CNc1cccnc1S(=O)(=O)N1C2CCC1CC(O)C2. The van der Waals surface area contributed by atoms with Crippen LogP contribution in [0.1, 0.15) is 25.7 Å². The van der Waals surface area contributed by atoms with Crippen LogP contribution in [-0.2, 0) is 10.0 Å². The number of rotatable bonds is 3. The number of hydrogen-bond donors (Lipinski definition) is 2. The standard InChI is InChI=1S/C13H19N3O3S/c1-14-12-3-2-6-15-13(12)20(18,19)16-9-4-5-10(16)8-11(17)7-9/h2-3,6,9-11,14,17H,4-5,7-8H2,1H3. The number of fused-ring (bicyclic) bond motifs is 2. The topological polar surface area (TPSA) is 82.5 Å². The van der Waals surface area contributed by atoms with Gasteiger partial charge in [0, 0.05) is 25.3 Å². The molecular formula is C13H19N3O3S. The monoisotopic (exact) mass is 297 g/mol. The first-order chi connectivity index (χ1) is 9.54. The maximum atomic E-state index is 12.9. The highest BCUT2D eigenvalue weighted by Gasteiger charge is 2.47. The van der Waals surface area contributed by atoms with E-state index in [-0.39, 0.29) is 23.2 Å². The Bertz CT molecular complexity index is 591. The minimum Gasteiger partial charge on any atom is -0.393 e. The van der Waals surface area contributed by atoms with Crippen LogP contribution in [-0.4, -0.2) is 48.0 Å². The van der Waals surface area contributed by atoms with Crippen LogP contribution in [0.15, 0.2) is 23.4 Å². The molecule has 1 aromatic heterocycles. The van der Waals surface area contributed by atoms with Crippen LogP contribution in [0.3, 0.4) is 0 Å². The first-order valence-electron chi connectivity index (χ1n) is 6.88. The number of pyridine rings is 1. The van der Waals surface area contributed by atoms with Crippen LogP contribution in [0, 0.1) is 0 Å². The van der Waals surface area contributed by atoms with Gasteiger partial charge in [0.2, 0.25) is 0 Å². The lowest BCUT2D eigenvalue weighted by Gasteiger charge is -2.35. The van der Waals surface area contributed by atoms with E-state index in [9.17, 15) is 13.5 Å². The molecule has 2 aliphatic rings. The van der Waals surface area contributed by atoms with Gasteiger partial charge in [-0.1, -0.05) is 0 Å². The number of aliphatic hydroxyl groups is 1. The van der Waals surface area contributed by atoms with E-state index >= 15 is 0 Å². The predicted molar refractivity (Wildman–Crippen MR) is 74.9 cm³/mol. The summed E-state index contributed by atoms with van der Waals surface area (Å²) >= 11 is 0. The fourth-order valence-electron chi connectivity index (χ4n) is 3.38. The number of nitrogens with zero attached hydrogens (tertiary/aromatic N) is 2. The summed E-state index contributed by atoms with van der Waals surface area (Å²) in [6, 6.07) is 3.22. The van der Waals surface area contributed by atoms with E-state index in [4.69, 9.17) is 0 Å². The lowest BCUT2D eigenvalue weighted by atomic mass is 10.0. The average molecular weight is 297 g/mol. The molecule has 0 aromatic carbocycles. The maximum absolute atomic E-state index is 12.9. The van der Waals surface area contributed by atoms with E-state index in [1.165, 1.54) is 6.20 Å². The van der Waals surface area contributed by atoms with Crippen molar-refractivity contribution in [2.24, 2.45) is 0 Å². The third-order valence-electron chi connectivity index (χ3n) is 4.20. The van der Waals surface area contributed by atoms with Crippen molar-refractivity contribution in [2.45, 2.75) is 48.9 Å². The number of anilines is 1. The Balaban J connectivity index is 2.01. The molecule has 20 heavy (non-hydrogen) atoms. The molecular weight excluding hydrogens is 278 g/mol. The largest absolute Gasteiger partial charge is 0.393 e. The van der Waals surface area contributed by atoms with Crippen molar-refractivity contribution in [3.63, 3.8) is 0 Å². The Labute approximate surface area is 118 Å². The second-order valence-corrected chi connectivity index (χ2v) is 7.21. The van der Waals surface area contributed by atoms with Gasteiger partial charge >= 0.3 is 0 Å². The predicted octanol–water partition coefficient (Wildman–Crippen LogP) is 0.800. The number of hydrogen-bond acceptors (Lipinski definition) is 5. The van der Waals surface area contributed by atoms with Gasteiger partial charge in [-0.2, -0.15) is 4.31 Å². The first kappa shape index (κ1) is 13.8. The first-order valence-corrected chi connectivity index (χ1v) is 8.32. The smallest absolute Gasteiger partial charge is 0.263 e. The Kier molecular flexibility index (Phi) is 3.43. The van der Waals surface area contributed by atoms with E-state index in [1.807, 2.05) is 0 Å². The molecule has 7 heteroatoms. The van der Waals surface area contributed by atoms with E-state index in [0.29, 0.717) is 18.5 Å². The summed E-state index contributed by atoms with van der Waals surface area (Å²) in [7, 11) is -1.93. The molecule has 0 radical (unpaired) electrons. The van der Waals surface area contributed by atoms with E-state index in [1.54, 1.807) is 23.5 Å². The van der Waals surface area contributed by atoms with Crippen molar-refractivity contribution in [3.05, 3.63) is 18.3 Å². The zero-order valence-electron chi connectivity index (χ0n) is 11.4.